The van der Waals surface area contributed by atoms with Gasteiger partial charge >= 0.3 is 0 Å². The zero-order valence-corrected chi connectivity index (χ0v) is 18.8. The molecule has 0 unspecified atom stereocenters. The predicted octanol–water partition coefficient (Wildman–Crippen LogP) is 3.14. The van der Waals surface area contributed by atoms with E-state index in [-0.39, 0.29) is 30.1 Å². The second-order valence-electron chi connectivity index (χ2n) is 8.64. The topological polar surface area (TPSA) is 69.6 Å². The van der Waals surface area contributed by atoms with Crippen molar-refractivity contribution in [2.24, 2.45) is 5.92 Å². The Morgan fingerprint density at radius 2 is 1.82 bits per heavy atom. The van der Waals surface area contributed by atoms with Crippen molar-refractivity contribution < 1.29 is 14.0 Å². The minimum absolute atomic E-state index is 0.0240. The Bertz CT molecular complexity index is 975. The van der Waals surface area contributed by atoms with Crippen LogP contribution >= 0.6 is 0 Å². The first kappa shape index (κ1) is 22.9. The zero-order chi connectivity index (χ0) is 23.2. The molecule has 0 spiro atoms. The molecule has 1 aliphatic heterocycles. The van der Waals surface area contributed by atoms with E-state index < -0.39 is 0 Å². The van der Waals surface area contributed by atoms with Gasteiger partial charge in [0, 0.05) is 44.2 Å². The van der Waals surface area contributed by atoms with Gasteiger partial charge in [0.25, 0.3) is 0 Å². The third kappa shape index (κ3) is 5.56. The smallest absolute Gasteiger partial charge is 0.242 e. The quantitative estimate of drug-likeness (QED) is 0.605. The van der Waals surface area contributed by atoms with Crippen LogP contribution in [0.5, 0.6) is 0 Å². The molecule has 1 aliphatic carbocycles. The van der Waals surface area contributed by atoms with Crippen molar-refractivity contribution in [1.82, 2.24) is 20.0 Å². The first-order chi connectivity index (χ1) is 16.0. The van der Waals surface area contributed by atoms with Crippen molar-refractivity contribution in [3.05, 3.63) is 54.9 Å². The van der Waals surface area contributed by atoms with Gasteiger partial charge in [-0.15, -0.1) is 16.8 Å². The third-order valence-electron chi connectivity index (χ3n) is 6.40. The molecule has 1 aromatic heterocycles. The van der Waals surface area contributed by atoms with Crippen molar-refractivity contribution in [3.63, 3.8) is 0 Å². The lowest BCUT2D eigenvalue weighted by molar-refractivity contribution is -0.144. The molecule has 0 N–H and O–H groups in total. The molecule has 0 atom stereocenters. The Hall–Kier alpha value is -3.29. The molecule has 2 aromatic rings. The van der Waals surface area contributed by atoms with Gasteiger partial charge in [0.1, 0.15) is 12.4 Å². The van der Waals surface area contributed by atoms with E-state index in [9.17, 15) is 14.0 Å². The van der Waals surface area contributed by atoms with Crippen LogP contribution in [0.25, 0.3) is 11.3 Å². The molecule has 4 rings (SSSR count). The maximum Gasteiger partial charge on any atom is 0.242 e. The monoisotopic (exact) mass is 451 g/mol. The Labute approximate surface area is 193 Å². The van der Waals surface area contributed by atoms with Crippen LogP contribution in [0, 0.1) is 11.7 Å². The normalized spacial score (nSPS) is 16.6. The number of carbonyl (C=O) groups excluding carboxylic acids is 2. The van der Waals surface area contributed by atoms with Gasteiger partial charge in [-0.1, -0.05) is 12.5 Å². The number of carbonyl (C=O) groups is 2. The molecule has 1 saturated heterocycles. The maximum absolute atomic E-state index is 13.1. The van der Waals surface area contributed by atoms with Gasteiger partial charge in [0.15, 0.2) is 5.82 Å². The van der Waals surface area contributed by atoms with E-state index >= 15 is 0 Å². The molecule has 8 heteroatoms. The molecule has 0 radical (unpaired) electrons. The van der Waals surface area contributed by atoms with Crippen LogP contribution < -0.4 is 4.90 Å². The van der Waals surface area contributed by atoms with Crippen molar-refractivity contribution in [2.75, 3.05) is 44.2 Å². The summed E-state index contributed by atoms with van der Waals surface area (Å²) in [6.45, 7) is 6.88. The molecule has 174 valence electrons. The maximum atomic E-state index is 13.1. The summed E-state index contributed by atoms with van der Waals surface area (Å²) >= 11 is 0. The molecule has 2 fully saturated rings. The lowest BCUT2D eigenvalue weighted by Gasteiger charge is -2.32. The SMILES string of the molecule is C=CCN(CC(=O)N1CCCN(c2ccc(-c3ccc(F)cc3)nn2)CC1)C(=O)C1CCC1. The Morgan fingerprint density at radius 3 is 2.45 bits per heavy atom. The third-order valence-corrected chi connectivity index (χ3v) is 6.40. The highest BCUT2D eigenvalue weighted by Gasteiger charge is 2.31. The van der Waals surface area contributed by atoms with Crippen molar-refractivity contribution in [3.8, 4) is 11.3 Å². The number of anilines is 1. The zero-order valence-electron chi connectivity index (χ0n) is 18.8. The summed E-state index contributed by atoms with van der Waals surface area (Å²) in [6, 6.07) is 9.96. The highest BCUT2D eigenvalue weighted by atomic mass is 19.1. The number of amides is 2. The van der Waals surface area contributed by atoms with Gasteiger partial charge in [0.05, 0.1) is 5.69 Å². The summed E-state index contributed by atoms with van der Waals surface area (Å²) in [7, 11) is 0. The number of halogens is 1. The van der Waals surface area contributed by atoms with Gasteiger partial charge in [-0.25, -0.2) is 4.39 Å². The Balaban J connectivity index is 1.34. The number of rotatable bonds is 7. The van der Waals surface area contributed by atoms with Crippen LogP contribution in [0.15, 0.2) is 49.1 Å². The second kappa shape index (κ2) is 10.6. The van der Waals surface area contributed by atoms with Crippen molar-refractivity contribution in [1.29, 1.82) is 0 Å². The average molecular weight is 452 g/mol. The molecule has 33 heavy (non-hydrogen) atoms. The molecular formula is C25H30FN5O2. The minimum atomic E-state index is -0.285. The van der Waals surface area contributed by atoms with Crippen LogP contribution in [-0.2, 0) is 9.59 Å². The fraction of sp³-hybridized carbons (Fsp3) is 0.440. The number of hydrogen-bond acceptors (Lipinski definition) is 5. The summed E-state index contributed by atoms with van der Waals surface area (Å²) < 4.78 is 13.1. The molecule has 1 aromatic carbocycles. The van der Waals surface area contributed by atoms with E-state index in [0.29, 0.717) is 31.9 Å². The standard InChI is InChI=1S/C25H30FN5O2/c1-2-13-31(25(33)20-5-3-6-20)18-24(32)30-15-4-14-29(16-17-30)23-12-11-22(27-28-23)19-7-9-21(26)10-8-19/h2,7-12,20H,1,3-6,13-18H2. The largest absolute Gasteiger partial charge is 0.353 e. The van der Waals surface area contributed by atoms with Gasteiger partial charge in [0.2, 0.25) is 11.8 Å². The number of aromatic nitrogens is 2. The molecule has 7 nitrogen and oxygen atoms in total. The highest BCUT2D eigenvalue weighted by molar-refractivity contribution is 5.86. The van der Waals surface area contributed by atoms with E-state index in [1.807, 2.05) is 17.0 Å². The molecular weight excluding hydrogens is 421 g/mol. The van der Waals surface area contributed by atoms with Crippen molar-refractivity contribution in [2.45, 2.75) is 25.7 Å². The van der Waals surface area contributed by atoms with Gasteiger partial charge in [-0.2, -0.15) is 0 Å². The van der Waals surface area contributed by atoms with E-state index in [4.69, 9.17) is 0 Å². The van der Waals surface area contributed by atoms with E-state index in [0.717, 1.165) is 43.6 Å². The number of nitrogens with zero attached hydrogens (tertiary/aromatic N) is 5. The second-order valence-corrected chi connectivity index (χ2v) is 8.64. The summed E-state index contributed by atoms with van der Waals surface area (Å²) in [5.74, 6) is 0.580. The summed E-state index contributed by atoms with van der Waals surface area (Å²) in [6.07, 6.45) is 5.41. The molecule has 2 amide bonds. The van der Waals surface area contributed by atoms with E-state index in [1.165, 1.54) is 12.1 Å². The van der Waals surface area contributed by atoms with E-state index in [1.54, 1.807) is 23.1 Å². The molecule has 2 heterocycles. The first-order valence-electron chi connectivity index (χ1n) is 11.6. The average Bonchev–Trinajstić information content (AvgIpc) is 3.05. The fourth-order valence-electron chi connectivity index (χ4n) is 4.23. The van der Waals surface area contributed by atoms with Gasteiger partial charge < -0.3 is 14.7 Å². The Kier molecular flexibility index (Phi) is 7.32. The number of benzene rings is 1. The summed E-state index contributed by atoms with van der Waals surface area (Å²) in [5, 5.41) is 8.66. The van der Waals surface area contributed by atoms with Crippen LogP contribution in [0.3, 0.4) is 0 Å². The summed E-state index contributed by atoms with van der Waals surface area (Å²) in [5.41, 5.74) is 1.49. The lowest BCUT2D eigenvalue weighted by atomic mass is 9.84. The molecule has 2 aliphatic rings. The first-order valence-corrected chi connectivity index (χ1v) is 11.6. The van der Waals surface area contributed by atoms with Crippen LogP contribution in [0.2, 0.25) is 0 Å². The van der Waals surface area contributed by atoms with Gasteiger partial charge in [-0.3, -0.25) is 9.59 Å². The number of hydrogen-bond donors (Lipinski definition) is 0. The summed E-state index contributed by atoms with van der Waals surface area (Å²) in [4.78, 5) is 31.2. The van der Waals surface area contributed by atoms with E-state index in [2.05, 4.69) is 21.7 Å². The fourth-order valence-corrected chi connectivity index (χ4v) is 4.23. The lowest BCUT2D eigenvalue weighted by Crippen LogP contribution is -2.46. The van der Waals surface area contributed by atoms with Crippen LogP contribution in [-0.4, -0.2) is 71.1 Å². The Morgan fingerprint density at radius 1 is 1.03 bits per heavy atom. The van der Waals surface area contributed by atoms with Gasteiger partial charge in [-0.05, 0) is 55.7 Å². The van der Waals surface area contributed by atoms with Crippen LogP contribution in [0.4, 0.5) is 10.2 Å². The van der Waals surface area contributed by atoms with Crippen LogP contribution in [0.1, 0.15) is 25.7 Å². The predicted molar refractivity (Wildman–Crippen MR) is 125 cm³/mol. The molecule has 0 bridgehead atoms. The molecule has 1 saturated carbocycles. The minimum Gasteiger partial charge on any atom is -0.353 e. The van der Waals surface area contributed by atoms with Crippen molar-refractivity contribution >= 4 is 17.6 Å². The highest BCUT2D eigenvalue weighted by Crippen LogP contribution is 2.28.